The Labute approximate surface area is 158 Å². The molecule has 0 unspecified atom stereocenters. The second kappa shape index (κ2) is 6.84. The summed E-state index contributed by atoms with van der Waals surface area (Å²) < 4.78 is 29.2. The van der Waals surface area contributed by atoms with Crippen LogP contribution in [0.2, 0.25) is 0 Å². The topological polar surface area (TPSA) is 91.1 Å². The van der Waals surface area contributed by atoms with Crippen molar-refractivity contribution >= 4 is 11.6 Å². The third-order valence-corrected chi connectivity index (χ3v) is 4.33. The van der Waals surface area contributed by atoms with Crippen LogP contribution >= 0.6 is 0 Å². The van der Waals surface area contributed by atoms with Crippen molar-refractivity contribution in [2.45, 2.75) is 19.9 Å². The van der Waals surface area contributed by atoms with Gasteiger partial charge in [0.05, 0.1) is 30.5 Å². The fraction of sp³-hybridized carbons (Fsp3) is 0.158. The van der Waals surface area contributed by atoms with Gasteiger partial charge in [-0.05, 0) is 31.2 Å². The van der Waals surface area contributed by atoms with Crippen LogP contribution in [-0.2, 0) is 6.54 Å². The molecule has 4 aromatic heterocycles. The number of aryl methyl sites for hydroxylation is 1. The van der Waals surface area contributed by atoms with E-state index in [0.29, 0.717) is 28.3 Å². The summed E-state index contributed by atoms with van der Waals surface area (Å²) in [4.78, 5) is 24.6. The van der Waals surface area contributed by atoms with Gasteiger partial charge >= 0.3 is 0 Å². The van der Waals surface area contributed by atoms with Gasteiger partial charge in [-0.1, -0.05) is 6.07 Å². The molecule has 1 amide bonds. The molecule has 0 atom stereocenters. The minimum atomic E-state index is -2.55. The van der Waals surface area contributed by atoms with Crippen LogP contribution < -0.4 is 5.73 Å². The molecule has 4 rings (SSSR count). The Morgan fingerprint density at radius 3 is 2.75 bits per heavy atom. The van der Waals surface area contributed by atoms with Gasteiger partial charge in [-0.3, -0.25) is 14.2 Å². The lowest BCUT2D eigenvalue weighted by molar-refractivity contribution is 0.0994. The molecular formula is C19H16F2N6O. The fourth-order valence-electron chi connectivity index (χ4n) is 3.14. The van der Waals surface area contributed by atoms with E-state index in [9.17, 15) is 13.6 Å². The molecular weight excluding hydrogens is 366 g/mol. The summed E-state index contributed by atoms with van der Waals surface area (Å²) in [5.41, 5.74) is 9.02. The second-order valence-corrected chi connectivity index (χ2v) is 6.30. The van der Waals surface area contributed by atoms with Gasteiger partial charge in [-0.15, -0.1) is 0 Å². The zero-order valence-electron chi connectivity index (χ0n) is 14.9. The molecule has 0 aliphatic rings. The van der Waals surface area contributed by atoms with Crippen LogP contribution in [0.4, 0.5) is 8.78 Å². The van der Waals surface area contributed by atoms with Gasteiger partial charge in [0.15, 0.2) is 0 Å². The standard InChI is InChI=1S/C19H16F2N6O/c1-11-3-2-4-13(25-11)17-18(26(10-24-17)9-15(20)21)12-5-6-16-23-7-14(19(22)28)27(16)8-12/h2-8,10,15H,9H2,1H3,(H2,22,28). The number of nitrogens with zero attached hydrogens (tertiary/aromatic N) is 5. The minimum Gasteiger partial charge on any atom is -0.364 e. The molecule has 0 fully saturated rings. The number of hydrogen-bond acceptors (Lipinski definition) is 4. The zero-order valence-corrected chi connectivity index (χ0v) is 14.9. The quantitative estimate of drug-likeness (QED) is 0.575. The molecule has 0 bridgehead atoms. The monoisotopic (exact) mass is 382 g/mol. The maximum Gasteiger partial charge on any atom is 0.267 e. The summed E-state index contributed by atoms with van der Waals surface area (Å²) in [6, 6.07) is 8.88. The highest BCUT2D eigenvalue weighted by atomic mass is 19.3. The lowest BCUT2D eigenvalue weighted by atomic mass is 10.1. The van der Waals surface area contributed by atoms with Crippen LogP contribution in [0.3, 0.4) is 0 Å². The molecule has 0 aliphatic heterocycles. The van der Waals surface area contributed by atoms with Gasteiger partial charge in [0.2, 0.25) is 0 Å². The van der Waals surface area contributed by atoms with E-state index in [2.05, 4.69) is 15.0 Å². The van der Waals surface area contributed by atoms with E-state index >= 15 is 0 Å². The van der Waals surface area contributed by atoms with E-state index in [0.717, 1.165) is 5.69 Å². The number of imidazole rings is 2. The molecule has 9 heteroatoms. The average molecular weight is 382 g/mol. The summed E-state index contributed by atoms with van der Waals surface area (Å²) in [6.07, 6.45) is 1.83. The van der Waals surface area contributed by atoms with Crippen molar-refractivity contribution in [1.29, 1.82) is 0 Å². The molecule has 4 heterocycles. The van der Waals surface area contributed by atoms with Crippen molar-refractivity contribution in [2.24, 2.45) is 5.73 Å². The van der Waals surface area contributed by atoms with Gasteiger partial charge in [0, 0.05) is 17.5 Å². The van der Waals surface area contributed by atoms with Crippen molar-refractivity contribution in [3.63, 3.8) is 0 Å². The molecule has 4 aromatic rings. The first-order valence-electron chi connectivity index (χ1n) is 8.48. The number of aromatic nitrogens is 5. The summed E-state index contributed by atoms with van der Waals surface area (Å²) in [7, 11) is 0. The molecule has 0 radical (unpaired) electrons. The van der Waals surface area contributed by atoms with E-state index in [1.807, 2.05) is 19.1 Å². The van der Waals surface area contributed by atoms with E-state index in [4.69, 9.17) is 5.73 Å². The summed E-state index contributed by atoms with van der Waals surface area (Å²) in [5, 5.41) is 0. The predicted octanol–water partition coefficient (Wildman–Crippen LogP) is 2.93. The van der Waals surface area contributed by atoms with Crippen LogP contribution in [-0.4, -0.2) is 36.3 Å². The maximum absolute atomic E-state index is 13.1. The first-order chi connectivity index (χ1) is 13.4. The molecule has 0 saturated carbocycles. The largest absolute Gasteiger partial charge is 0.364 e. The molecule has 0 aliphatic carbocycles. The number of carbonyl (C=O) groups excluding carboxylic acids is 1. The number of fused-ring (bicyclic) bond motifs is 1. The number of nitrogens with two attached hydrogens (primary N) is 1. The van der Waals surface area contributed by atoms with Gasteiger partial charge in [0.1, 0.15) is 17.0 Å². The minimum absolute atomic E-state index is 0.201. The lowest BCUT2D eigenvalue weighted by Gasteiger charge is -2.11. The second-order valence-electron chi connectivity index (χ2n) is 6.30. The Bertz CT molecular complexity index is 1180. The van der Waals surface area contributed by atoms with Gasteiger partial charge in [-0.25, -0.2) is 18.7 Å². The number of primary amides is 1. The van der Waals surface area contributed by atoms with E-state index in [1.54, 1.807) is 24.4 Å². The first kappa shape index (κ1) is 17.8. The Hall–Kier alpha value is -3.62. The van der Waals surface area contributed by atoms with Gasteiger partial charge in [0.25, 0.3) is 12.3 Å². The highest BCUT2D eigenvalue weighted by Crippen LogP contribution is 2.31. The van der Waals surface area contributed by atoms with Crippen LogP contribution in [0.1, 0.15) is 16.2 Å². The van der Waals surface area contributed by atoms with E-state index < -0.39 is 18.9 Å². The highest BCUT2D eigenvalue weighted by Gasteiger charge is 2.20. The summed E-state index contributed by atoms with van der Waals surface area (Å²) in [6.45, 7) is 1.33. The van der Waals surface area contributed by atoms with Gasteiger partial charge < -0.3 is 10.3 Å². The molecule has 0 saturated heterocycles. The molecule has 28 heavy (non-hydrogen) atoms. The number of hydrogen-bond donors (Lipinski definition) is 1. The Kier molecular flexibility index (Phi) is 4.34. The molecule has 2 N–H and O–H groups in total. The van der Waals surface area contributed by atoms with E-state index in [-0.39, 0.29) is 5.69 Å². The van der Waals surface area contributed by atoms with E-state index in [1.165, 1.54) is 21.5 Å². The van der Waals surface area contributed by atoms with Crippen LogP contribution in [0.15, 0.2) is 49.1 Å². The highest BCUT2D eigenvalue weighted by molar-refractivity contribution is 5.92. The maximum atomic E-state index is 13.1. The lowest BCUT2D eigenvalue weighted by Crippen LogP contribution is -2.13. The number of rotatable bonds is 5. The first-order valence-corrected chi connectivity index (χ1v) is 8.48. The van der Waals surface area contributed by atoms with Crippen molar-refractivity contribution in [3.8, 4) is 22.6 Å². The van der Waals surface area contributed by atoms with Crippen molar-refractivity contribution in [3.05, 3.63) is 60.4 Å². The Morgan fingerprint density at radius 1 is 1.21 bits per heavy atom. The SMILES string of the molecule is Cc1cccc(-c2ncn(CC(F)F)c2-c2ccc3ncc(C(N)=O)n3c2)n1. The third kappa shape index (κ3) is 3.11. The van der Waals surface area contributed by atoms with Gasteiger partial charge in [-0.2, -0.15) is 0 Å². The average Bonchev–Trinajstić information content (AvgIpc) is 3.24. The Balaban J connectivity index is 1.94. The number of pyridine rings is 2. The number of amides is 1. The number of carbonyl (C=O) groups is 1. The normalized spacial score (nSPS) is 11.4. The zero-order chi connectivity index (χ0) is 19.8. The van der Waals surface area contributed by atoms with Crippen molar-refractivity contribution in [2.75, 3.05) is 0 Å². The fourth-order valence-corrected chi connectivity index (χ4v) is 3.14. The number of halogens is 2. The molecule has 7 nitrogen and oxygen atoms in total. The molecule has 0 aromatic carbocycles. The molecule has 0 spiro atoms. The van der Waals surface area contributed by atoms with Crippen LogP contribution in [0.5, 0.6) is 0 Å². The van der Waals surface area contributed by atoms with Crippen LogP contribution in [0, 0.1) is 6.92 Å². The van der Waals surface area contributed by atoms with Crippen molar-refractivity contribution < 1.29 is 13.6 Å². The van der Waals surface area contributed by atoms with Crippen molar-refractivity contribution in [1.82, 2.24) is 23.9 Å². The summed E-state index contributed by atoms with van der Waals surface area (Å²) >= 11 is 0. The number of alkyl halides is 2. The summed E-state index contributed by atoms with van der Waals surface area (Å²) in [5.74, 6) is -0.633. The molecule has 142 valence electrons. The van der Waals surface area contributed by atoms with Crippen LogP contribution in [0.25, 0.3) is 28.3 Å². The Morgan fingerprint density at radius 2 is 2.04 bits per heavy atom. The predicted molar refractivity (Wildman–Crippen MR) is 98.9 cm³/mol. The smallest absolute Gasteiger partial charge is 0.267 e. The third-order valence-electron chi connectivity index (χ3n) is 4.33.